The molecule has 0 aliphatic carbocycles. The van der Waals surface area contributed by atoms with Gasteiger partial charge in [0.1, 0.15) is 27.5 Å². The molecule has 4 aromatic heterocycles. The van der Waals surface area contributed by atoms with Gasteiger partial charge in [-0.2, -0.15) is 19.9 Å². The molecule has 0 fully saturated rings. The third kappa shape index (κ3) is 9.05. The lowest BCUT2D eigenvalue weighted by atomic mass is 10.3. The Morgan fingerprint density at radius 2 is 1.75 bits per heavy atom. The highest BCUT2D eigenvalue weighted by molar-refractivity contribution is 7.10. The second-order valence-electron chi connectivity index (χ2n) is 4.74. The number of nitriles is 2. The molecule has 0 saturated carbocycles. The summed E-state index contributed by atoms with van der Waals surface area (Å²) in [6, 6.07) is 4.05. The molecule has 144 valence electrons. The van der Waals surface area contributed by atoms with Crippen molar-refractivity contribution in [3.8, 4) is 12.1 Å². The first-order valence-electron chi connectivity index (χ1n) is 7.54. The van der Waals surface area contributed by atoms with E-state index in [4.69, 9.17) is 10.5 Å². The maximum absolute atomic E-state index is 8.33. The lowest BCUT2D eigenvalue weighted by molar-refractivity contribution is 0.412. The van der Waals surface area contributed by atoms with Crippen LogP contribution in [0.2, 0.25) is 0 Å². The van der Waals surface area contributed by atoms with Crippen molar-refractivity contribution < 1.29 is 4.52 Å². The van der Waals surface area contributed by atoms with Crippen molar-refractivity contribution in [3.05, 3.63) is 55.5 Å². The number of hydrogen-bond donors (Lipinski definition) is 0. The molecular weight excluding hydrogens is 416 g/mol. The Morgan fingerprint density at radius 3 is 1.96 bits per heavy atom. The van der Waals surface area contributed by atoms with Crippen LogP contribution >= 0.6 is 34.2 Å². The molecule has 0 N–H and O–H groups in total. The van der Waals surface area contributed by atoms with E-state index < -0.39 is 0 Å². The van der Waals surface area contributed by atoms with E-state index in [1.807, 2.05) is 32.9 Å². The van der Waals surface area contributed by atoms with Gasteiger partial charge in [-0.15, -0.1) is 32.9 Å². The van der Waals surface area contributed by atoms with Crippen molar-refractivity contribution in [3.63, 3.8) is 0 Å². The minimum atomic E-state index is 0.676. The molecule has 0 saturated heterocycles. The summed E-state index contributed by atoms with van der Waals surface area (Å²) in [5, 5.41) is 30.1. The third-order valence-electron chi connectivity index (χ3n) is 2.66. The highest BCUT2D eigenvalue weighted by Gasteiger charge is 1.96. The van der Waals surface area contributed by atoms with Gasteiger partial charge in [0.25, 0.3) is 0 Å². The maximum Gasteiger partial charge on any atom is 0.213 e. The number of hydrogen-bond acceptors (Lipinski definition) is 12. The van der Waals surface area contributed by atoms with Crippen LogP contribution in [0.25, 0.3) is 0 Å². The summed E-state index contributed by atoms with van der Waals surface area (Å²) in [4.78, 5) is 8.24. The zero-order valence-electron chi connectivity index (χ0n) is 15.5. The highest BCUT2D eigenvalue weighted by Crippen LogP contribution is 2.08. The van der Waals surface area contributed by atoms with Gasteiger partial charge < -0.3 is 4.52 Å². The Hall–Kier alpha value is -3.06. The van der Waals surface area contributed by atoms with Crippen molar-refractivity contribution in [1.29, 1.82) is 10.5 Å². The minimum Gasteiger partial charge on any atom is -0.343 e. The fraction of sp³-hybridized carbons (Fsp3) is 0.250. The van der Waals surface area contributed by atoms with Gasteiger partial charge in [-0.25, -0.2) is 4.98 Å². The molecule has 4 aromatic rings. The molecule has 0 atom stereocenters. The normalized spacial score (nSPS) is 8.64. The van der Waals surface area contributed by atoms with E-state index in [1.54, 1.807) is 34.7 Å². The van der Waals surface area contributed by atoms with Gasteiger partial charge in [-0.1, -0.05) is 5.16 Å². The van der Waals surface area contributed by atoms with Gasteiger partial charge in [0.2, 0.25) is 6.39 Å². The van der Waals surface area contributed by atoms with E-state index in [0.717, 1.165) is 16.4 Å². The van der Waals surface area contributed by atoms with Gasteiger partial charge in [-0.05, 0) is 39.2 Å². The number of aryl methyl sites for hydroxylation is 4. The summed E-state index contributed by atoms with van der Waals surface area (Å²) in [7, 11) is 0. The lowest BCUT2D eigenvalue weighted by Gasteiger charge is -1.74. The van der Waals surface area contributed by atoms with Crippen LogP contribution in [0.15, 0.2) is 27.3 Å². The predicted molar refractivity (Wildman–Crippen MR) is 107 cm³/mol. The molecule has 28 heavy (non-hydrogen) atoms. The first-order chi connectivity index (χ1) is 13.5. The van der Waals surface area contributed by atoms with Gasteiger partial charge in [0.05, 0.1) is 22.5 Å². The molecule has 9 nitrogen and oxygen atoms in total. The second-order valence-corrected chi connectivity index (χ2v) is 7.26. The zero-order valence-corrected chi connectivity index (χ0v) is 18.0. The third-order valence-corrected chi connectivity index (χ3v) is 4.83. The molecule has 0 bridgehead atoms. The summed E-state index contributed by atoms with van der Waals surface area (Å²) >= 11 is 4.25. The molecule has 0 spiro atoms. The van der Waals surface area contributed by atoms with Crippen LogP contribution in [0.5, 0.6) is 0 Å². The summed E-state index contributed by atoms with van der Waals surface area (Å²) in [5.74, 6) is 0.676. The smallest absolute Gasteiger partial charge is 0.213 e. The average molecular weight is 433 g/mol. The quantitative estimate of drug-likeness (QED) is 0.405. The van der Waals surface area contributed by atoms with Crippen LogP contribution in [0, 0.1) is 50.4 Å². The van der Waals surface area contributed by atoms with E-state index in [0.29, 0.717) is 16.3 Å². The summed E-state index contributed by atoms with van der Waals surface area (Å²) < 4.78 is 8.26. The Bertz CT molecular complexity index is 911. The van der Waals surface area contributed by atoms with Crippen LogP contribution in [0.4, 0.5) is 0 Å². The molecule has 0 aliphatic heterocycles. The highest BCUT2D eigenvalue weighted by atomic mass is 32.1. The first-order valence-corrected chi connectivity index (χ1v) is 10.1. The van der Waals surface area contributed by atoms with Crippen molar-refractivity contribution in [2.24, 2.45) is 0 Å². The number of rotatable bonds is 0. The Balaban J connectivity index is 0.000000188. The average Bonchev–Trinajstić information content (AvgIpc) is 3.47. The topological polar surface area (TPSA) is 138 Å². The molecule has 0 radical (unpaired) electrons. The van der Waals surface area contributed by atoms with Gasteiger partial charge in [0, 0.05) is 5.38 Å². The monoisotopic (exact) mass is 432 g/mol. The van der Waals surface area contributed by atoms with Crippen molar-refractivity contribution in [2.45, 2.75) is 27.7 Å². The van der Waals surface area contributed by atoms with E-state index in [-0.39, 0.29) is 0 Å². The SMILES string of the molecule is Cc1ncon1.Cc1ncsc1C#N.Cc1nncs1.Cc1nscc1C#N. The fourth-order valence-corrected chi connectivity index (χ4v) is 2.83. The summed E-state index contributed by atoms with van der Waals surface area (Å²) in [6.07, 6.45) is 1.30. The molecule has 4 rings (SSSR count). The van der Waals surface area contributed by atoms with Crippen LogP contribution in [0.1, 0.15) is 32.7 Å². The molecule has 0 amide bonds. The lowest BCUT2D eigenvalue weighted by Crippen LogP contribution is -1.71. The Labute approximate surface area is 174 Å². The van der Waals surface area contributed by atoms with Crippen molar-refractivity contribution in [2.75, 3.05) is 0 Å². The van der Waals surface area contributed by atoms with E-state index >= 15 is 0 Å². The van der Waals surface area contributed by atoms with Crippen LogP contribution in [-0.4, -0.2) is 29.7 Å². The van der Waals surface area contributed by atoms with E-state index in [1.165, 1.54) is 29.3 Å². The van der Waals surface area contributed by atoms with E-state index in [2.05, 4.69) is 34.2 Å². The van der Waals surface area contributed by atoms with Crippen LogP contribution in [-0.2, 0) is 0 Å². The zero-order chi connectivity index (χ0) is 20.8. The standard InChI is InChI=1S/2C5H4N2S.C3H4N2O.C3H4N2S/c1-4-5(2-6)8-3-7-4;1-4-5(2-6)3-8-7-4;1-3-4-2-6-5-3;1-3-5-4-2-6-3/h2*3H,1H3;2*2H,1H3. The first kappa shape index (κ1) is 23.0. The van der Waals surface area contributed by atoms with Crippen molar-refractivity contribution >= 4 is 34.2 Å². The summed E-state index contributed by atoms with van der Waals surface area (Å²) in [5.41, 5.74) is 5.74. The largest absolute Gasteiger partial charge is 0.343 e. The molecule has 0 unspecified atom stereocenters. The predicted octanol–water partition coefficient (Wildman–Crippen LogP) is 3.87. The Morgan fingerprint density at radius 1 is 0.964 bits per heavy atom. The van der Waals surface area contributed by atoms with Crippen LogP contribution in [0.3, 0.4) is 0 Å². The van der Waals surface area contributed by atoms with Gasteiger partial charge in [-0.3, -0.25) is 0 Å². The number of nitrogens with zero attached hydrogens (tertiary/aromatic N) is 8. The van der Waals surface area contributed by atoms with Crippen molar-refractivity contribution in [1.82, 2.24) is 29.7 Å². The minimum absolute atomic E-state index is 0.676. The molecule has 12 heteroatoms. The number of thiazole rings is 1. The van der Waals surface area contributed by atoms with E-state index in [9.17, 15) is 0 Å². The second kappa shape index (κ2) is 13.2. The maximum atomic E-state index is 8.33. The molecule has 4 heterocycles. The fourth-order valence-electron chi connectivity index (χ4n) is 1.26. The van der Waals surface area contributed by atoms with Crippen LogP contribution < -0.4 is 0 Å². The van der Waals surface area contributed by atoms with Gasteiger partial charge >= 0.3 is 0 Å². The molecular formula is C16H16N8OS3. The number of aromatic nitrogens is 6. The van der Waals surface area contributed by atoms with Gasteiger partial charge in [0.15, 0.2) is 5.82 Å². The molecule has 0 aromatic carbocycles. The Kier molecular flexibility index (Phi) is 10.8. The summed E-state index contributed by atoms with van der Waals surface area (Å²) in [6.45, 7) is 7.35. The molecule has 0 aliphatic rings.